The van der Waals surface area contributed by atoms with Gasteiger partial charge < -0.3 is 5.73 Å². The lowest BCUT2D eigenvalue weighted by atomic mass is 10.1. The zero-order chi connectivity index (χ0) is 8.43. The van der Waals surface area contributed by atoms with Crippen LogP contribution in [-0.4, -0.2) is 0 Å². The van der Waals surface area contributed by atoms with Crippen molar-refractivity contribution >= 4 is 0 Å². The largest absolute Gasteiger partial charge is 0.354 e. The van der Waals surface area contributed by atoms with Gasteiger partial charge in [-0.1, -0.05) is 6.07 Å². The molecule has 0 saturated carbocycles. The molecule has 0 fully saturated rings. The Morgan fingerprint density at radius 3 is 2.45 bits per heavy atom. The summed E-state index contributed by atoms with van der Waals surface area (Å²) in [5, 5.41) is 0. The summed E-state index contributed by atoms with van der Waals surface area (Å²) in [6.07, 6.45) is 0. The van der Waals surface area contributed by atoms with Crippen LogP contribution in [0.5, 0.6) is 0 Å². The van der Waals surface area contributed by atoms with Crippen molar-refractivity contribution in [2.75, 3.05) is 0 Å². The average Bonchev–Trinajstić information content (AvgIpc) is 2.01. The van der Waals surface area contributed by atoms with Crippen LogP contribution in [0.4, 0.5) is 8.78 Å². The molecule has 11 heavy (non-hydrogen) atoms. The van der Waals surface area contributed by atoms with Crippen LogP contribution >= 0.6 is 0 Å². The molecule has 0 aromatic heterocycles. The van der Waals surface area contributed by atoms with E-state index in [9.17, 15) is 8.78 Å². The molecule has 0 spiro atoms. The Kier molecular flexibility index (Phi) is 2.19. The molecule has 0 aliphatic heterocycles. The van der Waals surface area contributed by atoms with E-state index in [4.69, 9.17) is 0 Å². The van der Waals surface area contributed by atoms with Gasteiger partial charge in [-0.3, -0.25) is 0 Å². The van der Waals surface area contributed by atoms with Crippen LogP contribution in [0.3, 0.4) is 0 Å². The van der Waals surface area contributed by atoms with Gasteiger partial charge in [-0.2, -0.15) is 0 Å². The Morgan fingerprint density at radius 1 is 1.27 bits per heavy atom. The Hall–Kier alpha value is -0.960. The third-order valence-electron chi connectivity index (χ3n) is 1.62. The number of aryl methyl sites for hydroxylation is 1. The molecule has 0 atom stereocenters. The molecular formula is C8H10F2N+. The molecule has 1 rings (SSSR count). The Balaban J connectivity index is 3.25. The quantitative estimate of drug-likeness (QED) is 0.632. The number of hydrogen-bond donors (Lipinski definition) is 1. The van der Waals surface area contributed by atoms with E-state index in [1.165, 1.54) is 6.92 Å². The third-order valence-corrected chi connectivity index (χ3v) is 1.62. The summed E-state index contributed by atoms with van der Waals surface area (Å²) >= 11 is 0. The van der Waals surface area contributed by atoms with Crippen LogP contribution < -0.4 is 5.73 Å². The van der Waals surface area contributed by atoms with E-state index >= 15 is 0 Å². The van der Waals surface area contributed by atoms with Gasteiger partial charge in [0.25, 0.3) is 0 Å². The molecule has 0 amide bonds. The van der Waals surface area contributed by atoms with Crippen LogP contribution in [0, 0.1) is 18.6 Å². The summed E-state index contributed by atoms with van der Waals surface area (Å²) < 4.78 is 25.6. The average molecular weight is 158 g/mol. The van der Waals surface area contributed by atoms with Gasteiger partial charge in [0.05, 0.1) is 0 Å². The molecule has 0 aliphatic rings. The number of rotatable bonds is 1. The van der Waals surface area contributed by atoms with Crippen LogP contribution in [0.2, 0.25) is 0 Å². The lowest BCUT2D eigenvalue weighted by molar-refractivity contribution is -0.387. The van der Waals surface area contributed by atoms with Gasteiger partial charge in [0.1, 0.15) is 6.54 Å². The molecule has 0 unspecified atom stereocenters. The van der Waals surface area contributed by atoms with E-state index in [0.29, 0.717) is 11.1 Å². The molecule has 0 bridgehead atoms. The normalized spacial score (nSPS) is 10.2. The third kappa shape index (κ3) is 1.38. The highest BCUT2D eigenvalue weighted by atomic mass is 19.2. The molecule has 3 heteroatoms. The molecule has 0 heterocycles. The predicted molar refractivity (Wildman–Crippen MR) is 37.7 cm³/mol. The smallest absolute Gasteiger partial charge is 0.167 e. The number of benzene rings is 1. The van der Waals surface area contributed by atoms with Gasteiger partial charge in [-0.25, -0.2) is 8.78 Å². The van der Waals surface area contributed by atoms with Crippen LogP contribution in [0.1, 0.15) is 11.1 Å². The van der Waals surface area contributed by atoms with Crippen molar-refractivity contribution in [3.63, 3.8) is 0 Å². The summed E-state index contributed by atoms with van der Waals surface area (Å²) in [4.78, 5) is 0. The van der Waals surface area contributed by atoms with Gasteiger partial charge in [0.2, 0.25) is 0 Å². The standard InChI is InChI=1S/C8H9F2N/c1-5-2-3-6(4-11)8(10)7(5)9/h2-3H,4,11H2,1H3/p+1. The monoisotopic (exact) mass is 158 g/mol. The summed E-state index contributed by atoms with van der Waals surface area (Å²) in [7, 11) is 0. The highest BCUT2D eigenvalue weighted by molar-refractivity contribution is 5.24. The molecular weight excluding hydrogens is 148 g/mol. The first-order valence-electron chi connectivity index (χ1n) is 3.39. The second-order valence-electron chi connectivity index (χ2n) is 2.42. The fourth-order valence-corrected chi connectivity index (χ4v) is 0.879. The minimum Gasteiger partial charge on any atom is -0.354 e. The van der Waals surface area contributed by atoms with Crippen LogP contribution in [0.25, 0.3) is 0 Å². The minimum absolute atomic E-state index is 0.281. The Morgan fingerprint density at radius 2 is 1.91 bits per heavy atom. The summed E-state index contributed by atoms with van der Waals surface area (Å²) in [5.41, 5.74) is 4.14. The van der Waals surface area contributed by atoms with Gasteiger partial charge >= 0.3 is 0 Å². The first-order valence-corrected chi connectivity index (χ1v) is 3.39. The maximum absolute atomic E-state index is 12.8. The van der Waals surface area contributed by atoms with Gasteiger partial charge in [-0.15, -0.1) is 0 Å². The zero-order valence-corrected chi connectivity index (χ0v) is 6.32. The molecule has 3 N–H and O–H groups in total. The first kappa shape index (κ1) is 8.14. The van der Waals surface area contributed by atoms with Crippen molar-refractivity contribution in [2.24, 2.45) is 0 Å². The van der Waals surface area contributed by atoms with E-state index in [0.717, 1.165) is 0 Å². The van der Waals surface area contributed by atoms with Crippen molar-refractivity contribution in [1.82, 2.24) is 0 Å². The lowest BCUT2D eigenvalue weighted by Crippen LogP contribution is -2.47. The molecule has 0 saturated heterocycles. The fourth-order valence-electron chi connectivity index (χ4n) is 0.879. The van der Waals surface area contributed by atoms with Gasteiger partial charge in [-0.05, 0) is 18.6 Å². The maximum atomic E-state index is 12.8. The number of hydrogen-bond acceptors (Lipinski definition) is 0. The Labute approximate surface area is 63.8 Å². The topological polar surface area (TPSA) is 27.6 Å². The molecule has 1 aromatic rings. The summed E-state index contributed by atoms with van der Waals surface area (Å²) in [6, 6.07) is 3.11. The number of halogens is 2. The molecule has 60 valence electrons. The highest BCUT2D eigenvalue weighted by Gasteiger charge is 2.09. The molecule has 0 aliphatic carbocycles. The van der Waals surface area contributed by atoms with E-state index in [-0.39, 0.29) is 6.54 Å². The molecule has 0 radical (unpaired) electrons. The van der Waals surface area contributed by atoms with Gasteiger partial charge in [0.15, 0.2) is 11.6 Å². The van der Waals surface area contributed by atoms with Crippen molar-refractivity contribution in [2.45, 2.75) is 13.5 Å². The summed E-state index contributed by atoms with van der Waals surface area (Å²) in [6.45, 7) is 1.81. The maximum Gasteiger partial charge on any atom is 0.167 e. The van der Waals surface area contributed by atoms with Crippen LogP contribution in [-0.2, 0) is 6.54 Å². The van der Waals surface area contributed by atoms with E-state index in [1.807, 2.05) is 0 Å². The molecule has 1 nitrogen and oxygen atoms in total. The lowest BCUT2D eigenvalue weighted by Gasteiger charge is -2.00. The van der Waals surface area contributed by atoms with Crippen molar-refractivity contribution in [3.8, 4) is 0 Å². The van der Waals surface area contributed by atoms with Crippen molar-refractivity contribution in [3.05, 3.63) is 34.9 Å². The first-order chi connectivity index (χ1) is 5.16. The van der Waals surface area contributed by atoms with E-state index in [2.05, 4.69) is 5.73 Å². The van der Waals surface area contributed by atoms with Crippen molar-refractivity contribution < 1.29 is 14.5 Å². The van der Waals surface area contributed by atoms with Crippen LogP contribution in [0.15, 0.2) is 12.1 Å². The van der Waals surface area contributed by atoms with Gasteiger partial charge in [0, 0.05) is 5.56 Å². The Bertz CT molecular complexity index is 271. The van der Waals surface area contributed by atoms with E-state index < -0.39 is 11.6 Å². The predicted octanol–water partition coefficient (Wildman–Crippen LogP) is 1.02. The zero-order valence-electron chi connectivity index (χ0n) is 6.32. The fraction of sp³-hybridized carbons (Fsp3) is 0.250. The van der Waals surface area contributed by atoms with Crippen molar-refractivity contribution in [1.29, 1.82) is 0 Å². The second-order valence-corrected chi connectivity index (χ2v) is 2.42. The summed E-state index contributed by atoms with van der Waals surface area (Å²) in [5.74, 6) is -1.52. The minimum atomic E-state index is -0.764. The SMILES string of the molecule is Cc1ccc(C[NH3+])c(F)c1F. The highest BCUT2D eigenvalue weighted by Crippen LogP contribution is 2.14. The second kappa shape index (κ2) is 2.96. The number of quaternary nitrogens is 1. The molecule has 1 aromatic carbocycles. The van der Waals surface area contributed by atoms with E-state index in [1.54, 1.807) is 12.1 Å².